The molecule has 0 radical (unpaired) electrons. The van der Waals surface area contributed by atoms with Crippen LogP contribution in [0, 0.1) is 0 Å². The first kappa shape index (κ1) is 54.6. The number of ether oxygens (including phenoxy) is 1. The number of aliphatic hydroxyl groups is 2. The van der Waals surface area contributed by atoms with Crippen molar-refractivity contribution in [2.75, 3.05) is 13.2 Å². The van der Waals surface area contributed by atoms with Crippen molar-refractivity contribution in [3.63, 3.8) is 0 Å². The number of rotatable bonds is 46. The molecule has 6 heteroatoms. The Hall–Kier alpha value is -1.40. The van der Waals surface area contributed by atoms with Gasteiger partial charge in [-0.05, 0) is 32.1 Å². The van der Waals surface area contributed by atoms with Gasteiger partial charge in [0.2, 0.25) is 5.91 Å². The number of hydrogen-bond donors (Lipinski definition) is 3. The Morgan fingerprint density at radius 2 is 0.821 bits per heavy atom. The minimum Gasteiger partial charge on any atom is -0.466 e. The van der Waals surface area contributed by atoms with E-state index in [1.807, 2.05) is 6.08 Å². The second-order valence-electron chi connectivity index (χ2n) is 17.2. The highest BCUT2D eigenvalue weighted by Crippen LogP contribution is 2.16. The predicted octanol–water partition coefficient (Wildman–Crippen LogP) is 14.6. The molecular weight excluding hydrogens is 695 g/mol. The maximum Gasteiger partial charge on any atom is 0.305 e. The van der Waals surface area contributed by atoms with E-state index in [0.717, 1.165) is 44.9 Å². The Labute approximate surface area is 349 Å². The normalized spacial score (nSPS) is 12.7. The maximum absolute atomic E-state index is 12.4. The summed E-state index contributed by atoms with van der Waals surface area (Å²) in [5.41, 5.74) is 0. The number of amides is 1. The Morgan fingerprint density at radius 1 is 0.482 bits per heavy atom. The van der Waals surface area contributed by atoms with Crippen molar-refractivity contribution in [2.45, 2.75) is 283 Å². The number of carbonyl (C=O) groups is 2. The zero-order chi connectivity index (χ0) is 40.8. The van der Waals surface area contributed by atoms with Gasteiger partial charge in [0.05, 0.1) is 25.4 Å². The molecule has 2 atom stereocenters. The Balaban J connectivity index is 3.44. The van der Waals surface area contributed by atoms with E-state index in [0.29, 0.717) is 19.4 Å². The quantitative estimate of drug-likeness (QED) is 0.0324. The van der Waals surface area contributed by atoms with Crippen LogP contribution in [-0.4, -0.2) is 47.4 Å². The molecule has 0 saturated heterocycles. The van der Waals surface area contributed by atoms with Gasteiger partial charge in [0, 0.05) is 12.8 Å². The molecule has 0 bridgehead atoms. The summed E-state index contributed by atoms with van der Waals surface area (Å²) in [6, 6.07) is -0.631. The number of hydrogen-bond acceptors (Lipinski definition) is 5. The largest absolute Gasteiger partial charge is 0.466 e. The summed E-state index contributed by atoms with van der Waals surface area (Å²) < 4.78 is 5.46. The summed E-state index contributed by atoms with van der Waals surface area (Å²) in [6.45, 7) is 4.87. The summed E-state index contributed by atoms with van der Waals surface area (Å²) in [4.78, 5) is 24.4. The highest BCUT2D eigenvalue weighted by Gasteiger charge is 2.18. The van der Waals surface area contributed by atoms with Gasteiger partial charge < -0.3 is 20.3 Å². The third kappa shape index (κ3) is 42.2. The smallest absolute Gasteiger partial charge is 0.305 e. The second kappa shape index (κ2) is 46.3. The lowest BCUT2D eigenvalue weighted by molar-refractivity contribution is -0.143. The van der Waals surface area contributed by atoms with Crippen molar-refractivity contribution >= 4 is 11.9 Å². The van der Waals surface area contributed by atoms with Crippen LogP contribution in [0.25, 0.3) is 0 Å². The molecule has 0 saturated carbocycles. The molecule has 332 valence electrons. The van der Waals surface area contributed by atoms with Gasteiger partial charge in [0.25, 0.3) is 0 Å². The lowest BCUT2D eigenvalue weighted by Gasteiger charge is -2.20. The van der Waals surface area contributed by atoms with E-state index in [-0.39, 0.29) is 18.5 Å². The summed E-state index contributed by atoms with van der Waals surface area (Å²) in [7, 11) is 0. The SMILES string of the molecule is CCCCCCCCCCC/C=C/C(O)C(CO)NC(=O)CCCCCCCCCCCCCCCCCOC(=O)CCCCCCCCCCCCCCC. The molecule has 0 aromatic rings. The average molecular weight is 792 g/mol. The topological polar surface area (TPSA) is 95.9 Å². The van der Waals surface area contributed by atoms with Crippen LogP contribution in [0.4, 0.5) is 0 Å². The number of allylic oxidation sites excluding steroid dienone is 1. The van der Waals surface area contributed by atoms with Crippen molar-refractivity contribution in [3.05, 3.63) is 12.2 Å². The van der Waals surface area contributed by atoms with Gasteiger partial charge >= 0.3 is 5.97 Å². The fourth-order valence-electron chi connectivity index (χ4n) is 7.69. The molecule has 0 aromatic carbocycles. The average Bonchev–Trinajstić information content (AvgIpc) is 3.20. The molecule has 0 heterocycles. The minimum atomic E-state index is -0.847. The van der Waals surface area contributed by atoms with Crippen molar-refractivity contribution in [1.82, 2.24) is 5.32 Å². The van der Waals surface area contributed by atoms with Crippen LogP contribution in [0.15, 0.2) is 12.2 Å². The van der Waals surface area contributed by atoms with Gasteiger partial charge in [-0.2, -0.15) is 0 Å². The molecule has 0 aromatic heterocycles. The highest BCUT2D eigenvalue weighted by molar-refractivity contribution is 5.76. The molecule has 0 rings (SSSR count). The molecule has 6 nitrogen and oxygen atoms in total. The van der Waals surface area contributed by atoms with Crippen LogP contribution >= 0.6 is 0 Å². The zero-order valence-electron chi connectivity index (χ0n) is 37.6. The van der Waals surface area contributed by atoms with E-state index in [9.17, 15) is 19.8 Å². The van der Waals surface area contributed by atoms with E-state index in [1.165, 1.54) is 199 Å². The highest BCUT2D eigenvalue weighted by atomic mass is 16.5. The monoisotopic (exact) mass is 792 g/mol. The minimum absolute atomic E-state index is 0.000791. The molecule has 3 N–H and O–H groups in total. The molecule has 1 amide bonds. The first-order chi connectivity index (χ1) is 27.5. The number of unbranched alkanes of at least 4 members (excludes halogenated alkanes) is 35. The van der Waals surface area contributed by atoms with E-state index in [1.54, 1.807) is 6.08 Å². The van der Waals surface area contributed by atoms with Gasteiger partial charge in [0.1, 0.15) is 0 Å². The van der Waals surface area contributed by atoms with E-state index >= 15 is 0 Å². The van der Waals surface area contributed by atoms with Crippen LogP contribution in [0.5, 0.6) is 0 Å². The molecule has 0 aliphatic heterocycles. The molecule has 0 aliphatic rings. The maximum atomic E-state index is 12.4. The van der Waals surface area contributed by atoms with Crippen LogP contribution < -0.4 is 5.32 Å². The fraction of sp³-hybridized carbons (Fsp3) is 0.920. The predicted molar refractivity (Wildman–Crippen MR) is 241 cm³/mol. The fourth-order valence-corrected chi connectivity index (χ4v) is 7.69. The van der Waals surface area contributed by atoms with Crippen molar-refractivity contribution < 1.29 is 24.5 Å². The molecular formula is C50H97NO5. The molecule has 0 fully saturated rings. The Kier molecular flexibility index (Phi) is 45.1. The molecule has 0 aliphatic carbocycles. The second-order valence-corrected chi connectivity index (χ2v) is 17.2. The summed E-state index contributed by atoms with van der Waals surface area (Å²) in [6.07, 6.45) is 52.0. The third-order valence-electron chi connectivity index (χ3n) is 11.6. The number of nitrogens with one attached hydrogen (secondary N) is 1. The standard InChI is InChI=1S/C50H97NO5/c1-3-5-7-9-11-13-15-19-24-28-32-36-40-44-50(55)56-45-41-37-33-29-25-21-18-16-17-20-23-27-31-35-39-43-49(54)51-47(46-52)48(53)42-38-34-30-26-22-14-12-10-8-6-4-2/h38,42,47-48,52-53H,3-37,39-41,43-46H2,1-2H3,(H,51,54)/b42-38+. The molecule has 56 heavy (non-hydrogen) atoms. The van der Waals surface area contributed by atoms with Crippen LogP contribution in [0.2, 0.25) is 0 Å². The van der Waals surface area contributed by atoms with Crippen LogP contribution in [0.1, 0.15) is 271 Å². The molecule has 0 spiro atoms. The number of aliphatic hydroxyl groups excluding tert-OH is 2. The zero-order valence-corrected chi connectivity index (χ0v) is 37.6. The molecule has 2 unspecified atom stereocenters. The number of esters is 1. The van der Waals surface area contributed by atoms with Crippen molar-refractivity contribution in [1.29, 1.82) is 0 Å². The summed E-state index contributed by atoms with van der Waals surface area (Å²) in [5.74, 6) is -0.0765. The van der Waals surface area contributed by atoms with Crippen molar-refractivity contribution in [3.8, 4) is 0 Å². The van der Waals surface area contributed by atoms with Gasteiger partial charge in [0.15, 0.2) is 0 Å². The van der Waals surface area contributed by atoms with Gasteiger partial charge in [-0.25, -0.2) is 0 Å². The Bertz CT molecular complexity index is 832. The lowest BCUT2D eigenvalue weighted by atomic mass is 10.0. The van der Waals surface area contributed by atoms with Gasteiger partial charge in [-0.15, -0.1) is 0 Å². The first-order valence-corrected chi connectivity index (χ1v) is 25.0. The first-order valence-electron chi connectivity index (χ1n) is 25.0. The van der Waals surface area contributed by atoms with E-state index in [4.69, 9.17) is 4.74 Å². The third-order valence-corrected chi connectivity index (χ3v) is 11.6. The van der Waals surface area contributed by atoms with E-state index in [2.05, 4.69) is 19.2 Å². The van der Waals surface area contributed by atoms with Crippen LogP contribution in [0.3, 0.4) is 0 Å². The summed E-state index contributed by atoms with van der Waals surface area (Å²) >= 11 is 0. The van der Waals surface area contributed by atoms with E-state index < -0.39 is 12.1 Å². The summed E-state index contributed by atoms with van der Waals surface area (Å²) in [5, 5.41) is 22.9. The number of carbonyl (C=O) groups excluding carboxylic acids is 2. The van der Waals surface area contributed by atoms with Gasteiger partial charge in [-0.1, -0.05) is 238 Å². The van der Waals surface area contributed by atoms with Crippen molar-refractivity contribution in [2.24, 2.45) is 0 Å². The van der Waals surface area contributed by atoms with Gasteiger partial charge in [-0.3, -0.25) is 9.59 Å². The lowest BCUT2D eigenvalue weighted by Crippen LogP contribution is -2.45. The Morgan fingerprint density at radius 3 is 1.21 bits per heavy atom. The van der Waals surface area contributed by atoms with Crippen LogP contribution in [-0.2, 0) is 14.3 Å².